The summed E-state index contributed by atoms with van der Waals surface area (Å²) >= 11 is 0. The van der Waals surface area contributed by atoms with Gasteiger partial charge in [-0.3, -0.25) is 28.9 Å². The number of Topliss-reactive ketones (excluding diaryl/α,β-unsaturated/α-hetero) is 1. The number of piperidine rings is 1. The Bertz CT molecular complexity index is 2610. The number of ether oxygens (including phenoxy) is 1. The Morgan fingerprint density at radius 1 is 0.925 bits per heavy atom. The van der Waals surface area contributed by atoms with Crippen molar-refractivity contribution in [3.05, 3.63) is 130 Å². The molecule has 3 aromatic heterocycles. The fourth-order valence-corrected chi connectivity index (χ4v) is 10.3. The topological polar surface area (TPSA) is 139 Å². The Balaban J connectivity index is 0.656. The largest absolute Gasteiger partial charge is 0.489 e. The van der Waals surface area contributed by atoms with Crippen LogP contribution in [0.3, 0.4) is 0 Å². The van der Waals surface area contributed by atoms with E-state index in [0.29, 0.717) is 54.8 Å². The second-order valence-corrected chi connectivity index (χ2v) is 19.2. The van der Waals surface area contributed by atoms with Crippen LogP contribution in [0, 0.1) is 11.8 Å². The molecule has 350 valence electrons. The smallest absolute Gasteiger partial charge is 0.282 e. The molecule has 5 aromatic rings. The highest BCUT2D eigenvalue weighted by molar-refractivity contribution is 6.02. The van der Waals surface area contributed by atoms with Crippen LogP contribution < -0.4 is 10.1 Å². The van der Waals surface area contributed by atoms with Gasteiger partial charge in [0.15, 0.2) is 5.78 Å². The second kappa shape index (κ2) is 19.7. The van der Waals surface area contributed by atoms with Gasteiger partial charge < -0.3 is 24.3 Å². The number of benzene rings is 2. The summed E-state index contributed by atoms with van der Waals surface area (Å²) in [5.74, 6) is 1.60. The summed E-state index contributed by atoms with van der Waals surface area (Å²) in [4.78, 5) is 54.8. The molecule has 5 aliphatic rings. The summed E-state index contributed by atoms with van der Waals surface area (Å²) in [6.07, 6.45) is 11.2. The van der Waals surface area contributed by atoms with E-state index in [9.17, 15) is 23.2 Å². The standard InChI is InChI=1S/C52H58F2N8O5/c1-33-5-18-45(50(64)56-33)61-30-43-42(52(61)65)3-2-4-47(43)66-31-37-10-8-35(9-11-37)27-59-21-23-60(24-22-59)28-36-13-16-41(17-14-36)62-29-39(48(58-62)49(53)54)26-46(63)44-32-67-51(57-44)38-19-20-55-40(25-38)15-12-34-6-7-34/h2-4,8-11,19-20,25,29,32,34,36,41,45,49H,1,5-7,12-18,21-24,26-28,30-31H2,(H,56,64). The molecule has 1 unspecified atom stereocenters. The van der Waals surface area contributed by atoms with Crippen molar-refractivity contribution in [3.8, 4) is 17.2 Å². The lowest BCUT2D eigenvalue weighted by Crippen LogP contribution is -2.49. The lowest BCUT2D eigenvalue weighted by molar-refractivity contribution is -0.126. The van der Waals surface area contributed by atoms with Crippen molar-refractivity contribution >= 4 is 17.6 Å². The minimum Gasteiger partial charge on any atom is -0.489 e. The van der Waals surface area contributed by atoms with Gasteiger partial charge in [-0.1, -0.05) is 49.8 Å². The average Bonchev–Trinajstić information content (AvgIpc) is 3.68. The number of hydrogen-bond donors (Lipinski definition) is 1. The number of carbonyl (C=O) groups excluding carboxylic acids is 3. The van der Waals surface area contributed by atoms with E-state index in [0.717, 1.165) is 106 Å². The molecule has 67 heavy (non-hydrogen) atoms. The van der Waals surface area contributed by atoms with Crippen molar-refractivity contribution in [1.82, 2.24) is 39.8 Å². The summed E-state index contributed by atoms with van der Waals surface area (Å²) in [7, 11) is 0. The van der Waals surface area contributed by atoms with Crippen molar-refractivity contribution in [2.24, 2.45) is 11.8 Å². The highest BCUT2D eigenvalue weighted by atomic mass is 19.3. The number of allylic oxidation sites excluding steroid dienone is 1. The molecule has 2 saturated heterocycles. The molecule has 2 aliphatic carbocycles. The van der Waals surface area contributed by atoms with Crippen LogP contribution in [0.5, 0.6) is 5.75 Å². The number of carbonyl (C=O) groups is 3. The number of aromatic nitrogens is 4. The minimum absolute atomic E-state index is 0.0151. The normalized spacial score (nSPS) is 21.5. The van der Waals surface area contributed by atoms with Crippen molar-refractivity contribution < 1.29 is 32.3 Å². The SMILES string of the molecule is C=C1CCC(N2Cc3c(OCc4ccc(CN5CCN(CC6CCC(n7cc(CC(=O)c8coc(-c9ccnc(CCC%10CC%10)c9)n8)c(C(F)F)n7)CC6)CC5)cc4)cccc3C2=O)C(=O)N1. The molecule has 1 N–H and O–H groups in total. The predicted octanol–water partition coefficient (Wildman–Crippen LogP) is 8.51. The van der Waals surface area contributed by atoms with Crippen LogP contribution in [0.4, 0.5) is 8.78 Å². The number of pyridine rings is 1. The minimum atomic E-state index is -2.79. The quantitative estimate of drug-likeness (QED) is 0.0904. The lowest BCUT2D eigenvalue weighted by Gasteiger charge is -2.38. The van der Waals surface area contributed by atoms with Crippen LogP contribution in [0.2, 0.25) is 0 Å². The van der Waals surface area contributed by atoms with E-state index in [1.807, 2.05) is 18.2 Å². The van der Waals surface area contributed by atoms with Gasteiger partial charge in [-0.2, -0.15) is 5.10 Å². The number of piperazine rings is 1. The van der Waals surface area contributed by atoms with Crippen LogP contribution in [-0.4, -0.2) is 90.8 Å². The number of fused-ring (bicyclic) bond motifs is 1. The molecule has 1 atom stereocenters. The van der Waals surface area contributed by atoms with Gasteiger partial charge in [-0.25, -0.2) is 13.8 Å². The van der Waals surface area contributed by atoms with E-state index in [1.165, 1.54) is 24.7 Å². The van der Waals surface area contributed by atoms with Crippen molar-refractivity contribution in [3.63, 3.8) is 0 Å². The third kappa shape index (κ3) is 10.4. The van der Waals surface area contributed by atoms with Gasteiger partial charge in [0.05, 0.1) is 12.6 Å². The van der Waals surface area contributed by atoms with Crippen LogP contribution in [0.25, 0.3) is 11.5 Å². The second-order valence-electron chi connectivity index (χ2n) is 19.2. The van der Waals surface area contributed by atoms with E-state index in [2.05, 4.69) is 61.0 Å². The Hall–Kier alpha value is -6.06. The van der Waals surface area contributed by atoms with Crippen LogP contribution in [0.15, 0.2) is 89.9 Å². The molecule has 4 fully saturated rings. The number of aryl methyl sites for hydroxylation is 1. The summed E-state index contributed by atoms with van der Waals surface area (Å²) in [5, 5.41) is 7.13. The maximum Gasteiger partial charge on any atom is 0.282 e. The van der Waals surface area contributed by atoms with Crippen LogP contribution >= 0.6 is 0 Å². The first-order chi connectivity index (χ1) is 32.6. The summed E-state index contributed by atoms with van der Waals surface area (Å²) < 4.78 is 42.1. The lowest BCUT2D eigenvalue weighted by atomic mass is 9.85. The van der Waals surface area contributed by atoms with Gasteiger partial charge in [0.2, 0.25) is 11.8 Å². The van der Waals surface area contributed by atoms with Crippen LogP contribution in [0.1, 0.15) is 125 Å². The molecule has 0 bridgehead atoms. The Morgan fingerprint density at radius 3 is 2.45 bits per heavy atom. The molecule has 2 saturated carbocycles. The Labute approximate surface area is 389 Å². The zero-order valence-corrected chi connectivity index (χ0v) is 37.9. The number of alkyl halides is 2. The molecular formula is C52H58F2N8O5. The zero-order chi connectivity index (χ0) is 46.0. The molecule has 15 heteroatoms. The highest BCUT2D eigenvalue weighted by Gasteiger charge is 2.39. The zero-order valence-electron chi connectivity index (χ0n) is 37.9. The fourth-order valence-electron chi connectivity index (χ4n) is 10.3. The number of hydrogen-bond acceptors (Lipinski definition) is 10. The molecule has 2 aromatic carbocycles. The van der Waals surface area contributed by atoms with E-state index in [4.69, 9.17) is 9.15 Å². The fraction of sp³-hybridized carbons (Fsp3) is 0.462. The van der Waals surface area contributed by atoms with Crippen molar-refractivity contribution in [2.75, 3.05) is 32.7 Å². The molecule has 3 aliphatic heterocycles. The maximum atomic E-state index is 14.3. The van der Waals surface area contributed by atoms with E-state index in [1.54, 1.807) is 34.1 Å². The van der Waals surface area contributed by atoms with Gasteiger partial charge in [0, 0.05) is 91.7 Å². The van der Waals surface area contributed by atoms with Crippen molar-refractivity contribution in [1.29, 1.82) is 0 Å². The summed E-state index contributed by atoms with van der Waals surface area (Å²) in [6, 6.07) is 17.3. The number of nitrogens with zero attached hydrogens (tertiary/aromatic N) is 7. The molecule has 6 heterocycles. The molecular weight excluding hydrogens is 855 g/mol. The highest BCUT2D eigenvalue weighted by Crippen LogP contribution is 2.37. The summed E-state index contributed by atoms with van der Waals surface area (Å²) in [5.41, 5.74) is 6.09. The first-order valence-corrected chi connectivity index (χ1v) is 24.0. The third-order valence-electron chi connectivity index (χ3n) is 14.4. The number of nitrogens with one attached hydrogen (secondary N) is 1. The Kier molecular flexibility index (Phi) is 13.1. The predicted molar refractivity (Wildman–Crippen MR) is 246 cm³/mol. The number of amides is 2. The molecule has 10 rings (SSSR count). The molecule has 2 amide bonds. The van der Waals surface area contributed by atoms with Gasteiger partial charge >= 0.3 is 0 Å². The van der Waals surface area contributed by atoms with E-state index < -0.39 is 12.5 Å². The number of ketones is 1. The third-order valence-corrected chi connectivity index (χ3v) is 14.4. The average molecular weight is 913 g/mol. The van der Waals surface area contributed by atoms with Gasteiger partial charge in [-0.15, -0.1) is 0 Å². The number of rotatable bonds is 17. The maximum absolute atomic E-state index is 14.3. The first kappa shape index (κ1) is 44.8. The number of oxazole rings is 1. The van der Waals surface area contributed by atoms with E-state index in [-0.39, 0.29) is 47.0 Å². The first-order valence-electron chi connectivity index (χ1n) is 24.0. The van der Waals surface area contributed by atoms with Gasteiger partial charge in [-0.05, 0) is 98.6 Å². The van der Waals surface area contributed by atoms with Crippen molar-refractivity contribution in [2.45, 2.75) is 109 Å². The van der Waals surface area contributed by atoms with Gasteiger partial charge in [0.1, 0.15) is 36.0 Å². The summed E-state index contributed by atoms with van der Waals surface area (Å²) in [6.45, 7) is 10.4. The number of halogens is 2. The van der Waals surface area contributed by atoms with E-state index >= 15 is 0 Å². The molecule has 0 radical (unpaired) electrons. The monoisotopic (exact) mass is 912 g/mol. The molecule has 13 nitrogen and oxygen atoms in total. The Morgan fingerprint density at radius 2 is 1.69 bits per heavy atom. The van der Waals surface area contributed by atoms with Crippen LogP contribution in [-0.2, 0) is 37.3 Å². The molecule has 0 spiro atoms. The van der Waals surface area contributed by atoms with Gasteiger partial charge in [0.25, 0.3) is 12.3 Å².